The summed E-state index contributed by atoms with van der Waals surface area (Å²) >= 11 is 1.75. The fraction of sp³-hybridized carbons (Fsp3) is 0. The van der Waals surface area contributed by atoms with Crippen LogP contribution in [0.1, 0.15) is 0 Å². The molecule has 0 unspecified atom stereocenters. The van der Waals surface area contributed by atoms with E-state index in [0.717, 1.165) is 43.6 Å². The van der Waals surface area contributed by atoms with Crippen LogP contribution in [0.25, 0.3) is 109 Å². The molecule has 0 aliphatic heterocycles. The number of nitrogens with zero attached hydrogens (tertiary/aromatic N) is 4. The van der Waals surface area contributed by atoms with Crippen molar-refractivity contribution >= 4 is 74.7 Å². The van der Waals surface area contributed by atoms with Gasteiger partial charge in [-0.3, -0.25) is 0 Å². The summed E-state index contributed by atoms with van der Waals surface area (Å²) in [6.07, 6.45) is 0. The molecule has 0 fully saturated rings. The summed E-state index contributed by atoms with van der Waals surface area (Å²) in [5, 5.41) is 12.2. The van der Waals surface area contributed by atoms with Crippen molar-refractivity contribution in [3.05, 3.63) is 158 Å². The number of benzene rings is 8. The Labute approximate surface area is 296 Å². The van der Waals surface area contributed by atoms with Crippen LogP contribution in [0.15, 0.2) is 158 Å². The molecule has 51 heavy (non-hydrogen) atoms. The van der Waals surface area contributed by atoms with Crippen molar-refractivity contribution in [3.8, 4) is 45.4 Å². The summed E-state index contributed by atoms with van der Waals surface area (Å²) in [6.45, 7) is 0. The number of rotatable bonds is 4. The lowest BCUT2D eigenvalue weighted by Crippen LogP contribution is -2.01. The van der Waals surface area contributed by atoms with E-state index >= 15 is 0 Å². The second-order valence-corrected chi connectivity index (χ2v) is 14.0. The Morgan fingerprint density at radius 1 is 0.333 bits per heavy atom. The molecule has 11 rings (SSSR count). The Kier molecular flexibility index (Phi) is 6.09. The van der Waals surface area contributed by atoms with Gasteiger partial charge in [0.05, 0.1) is 5.69 Å². The van der Waals surface area contributed by atoms with Crippen LogP contribution in [-0.2, 0) is 0 Å². The Morgan fingerprint density at radius 2 is 0.922 bits per heavy atom. The van der Waals surface area contributed by atoms with Crippen LogP contribution >= 0.6 is 11.3 Å². The second-order valence-electron chi connectivity index (χ2n) is 13.0. The molecule has 0 N–H and O–H groups in total. The highest BCUT2D eigenvalue weighted by molar-refractivity contribution is 7.25. The Bertz CT molecular complexity index is 3110. The molecule has 0 saturated carbocycles. The number of pyridine rings is 1. The van der Waals surface area contributed by atoms with E-state index in [-0.39, 0.29) is 0 Å². The second kappa shape index (κ2) is 11.0. The van der Waals surface area contributed by atoms with E-state index in [4.69, 9.17) is 19.9 Å². The Hall–Kier alpha value is -6.56. The molecule has 3 aromatic heterocycles. The quantitative estimate of drug-likeness (QED) is 0.175. The number of fused-ring (bicyclic) bond motifs is 5. The average molecular weight is 667 g/mol. The standard InChI is InChI=1S/C46H26N4S/c1-2-9-31(10-3-1)43-48-44(50-45(49-43)36-26-24-29-18-17-27-11-8-12-28-23-25-34(36)40(29)39(27)28)32-21-19-30(20-22-32)42-35-14-5-4-13-33(35)41-37-15-6-7-16-38(37)51-46(41)47-42/h1-26H. The lowest BCUT2D eigenvalue weighted by atomic mass is 9.92. The normalized spacial score (nSPS) is 11.9. The fourth-order valence-electron chi connectivity index (χ4n) is 7.71. The first-order chi connectivity index (χ1) is 25.3. The van der Waals surface area contributed by atoms with E-state index in [9.17, 15) is 0 Å². The predicted molar refractivity (Wildman–Crippen MR) is 213 cm³/mol. The molecule has 0 aliphatic carbocycles. The van der Waals surface area contributed by atoms with Gasteiger partial charge in [0.2, 0.25) is 0 Å². The third-order valence-corrected chi connectivity index (χ3v) is 11.2. The molecule has 11 aromatic rings. The van der Waals surface area contributed by atoms with Gasteiger partial charge in [-0.2, -0.15) is 0 Å². The van der Waals surface area contributed by atoms with Gasteiger partial charge in [0, 0.05) is 43.1 Å². The molecule has 8 aromatic carbocycles. The summed E-state index contributed by atoms with van der Waals surface area (Å²) in [5.74, 6) is 1.94. The van der Waals surface area contributed by atoms with Gasteiger partial charge in [0.15, 0.2) is 17.5 Å². The first-order valence-corrected chi connectivity index (χ1v) is 17.9. The van der Waals surface area contributed by atoms with E-state index in [1.165, 1.54) is 47.8 Å². The molecule has 0 saturated heterocycles. The van der Waals surface area contributed by atoms with Gasteiger partial charge >= 0.3 is 0 Å². The minimum atomic E-state index is 0.633. The molecule has 5 heteroatoms. The summed E-state index contributed by atoms with van der Waals surface area (Å²) in [6, 6.07) is 55.5. The molecule has 0 atom stereocenters. The number of thiophene rings is 1. The van der Waals surface area contributed by atoms with Crippen molar-refractivity contribution in [1.29, 1.82) is 0 Å². The first kappa shape index (κ1) is 28.3. The molecule has 236 valence electrons. The third kappa shape index (κ3) is 4.38. The number of hydrogen-bond acceptors (Lipinski definition) is 5. The van der Waals surface area contributed by atoms with Crippen LogP contribution in [-0.4, -0.2) is 19.9 Å². The summed E-state index contributed by atoms with van der Waals surface area (Å²) in [4.78, 5) is 21.6. The molecule has 4 nitrogen and oxygen atoms in total. The molecule has 3 heterocycles. The SMILES string of the molecule is c1ccc(-c2nc(-c3ccc(-c4nc5sc6ccccc6c5c5ccccc45)cc3)nc(-c3ccc4ccc5cccc6ccc3c4c56)n2)cc1. The van der Waals surface area contributed by atoms with Crippen molar-refractivity contribution in [1.82, 2.24) is 19.9 Å². The fourth-order valence-corrected chi connectivity index (χ4v) is 8.80. The molecular weight excluding hydrogens is 641 g/mol. The van der Waals surface area contributed by atoms with E-state index in [2.05, 4.69) is 140 Å². The van der Waals surface area contributed by atoms with Crippen LogP contribution in [0.3, 0.4) is 0 Å². The highest BCUT2D eigenvalue weighted by Crippen LogP contribution is 2.42. The van der Waals surface area contributed by atoms with Crippen molar-refractivity contribution in [3.63, 3.8) is 0 Å². The highest BCUT2D eigenvalue weighted by Gasteiger charge is 2.18. The predicted octanol–water partition coefficient (Wildman–Crippen LogP) is 12.4. The largest absolute Gasteiger partial charge is 0.236 e. The van der Waals surface area contributed by atoms with Gasteiger partial charge in [-0.25, -0.2) is 19.9 Å². The topological polar surface area (TPSA) is 51.6 Å². The maximum atomic E-state index is 5.26. The van der Waals surface area contributed by atoms with Gasteiger partial charge in [0.1, 0.15) is 4.83 Å². The Balaban J connectivity index is 1.08. The van der Waals surface area contributed by atoms with Gasteiger partial charge in [-0.1, -0.05) is 146 Å². The van der Waals surface area contributed by atoms with E-state index in [1.807, 2.05) is 18.2 Å². The zero-order chi connectivity index (χ0) is 33.5. The molecule has 0 spiro atoms. The molecule has 0 aliphatic rings. The lowest BCUT2D eigenvalue weighted by molar-refractivity contribution is 1.08. The minimum Gasteiger partial charge on any atom is -0.236 e. The summed E-state index contributed by atoms with van der Waals surface area (Å²) < 4.78 is 1.25. The van der Waals surface area contributed by atoms with Crippen molar-refractivity contribution < 1.29 is 0 Å². The monoisotopic (exact) mass is 666 g/mol. The van der Waals surface area contributed by atoms with Crippen LogP contribution in [0, 0.1) is 0 Å². The van der Waals surface area contributed by atoms with Gasteiger partial charge in [-0.15, -0.1) is 11.3 Å². The van der Waals surface area contributed by atoms with E-state index in [1.54, 1.807) is 11.3 Å². The lowest BCUT2D eigenvalue weighted by Gasteiger charge is -2.14. The zero-order valence-corrected chi connectivity index (χ0v) is 28.0. The number of hydrogen-bond donors (Lipinski definition) is 0. The zero-order valence-electron chi connectivity index (χ0n) is 27.2. The van der Waals surface area contributed by atoms with Gasteiger partial charge < -0.3 is 0 Å². The van der Waals surface area contributed by atoms with Crippen molar-refractivity contribution in [2.45, 2.75) is 0 Å². The molecule has 0 bridgehead atoms. The molecular formula is C46H26N4S. The van der Waals surface area contributed by atoms with Gasteiger partial charge in [0.25, 0.3) is 0 Å². The molecule has 0 amide bonds. The smallest absolute Gasteiger partial charge is 0.164 e. The van der Waals surface area contributed by atoms with Crippen LogP contribution in [0.5, 0.6) is 0 Å². The first-order valence-electron chi connectivity index (χ1n) is 17.1. The van der Waals surface area contributed by atoms with Gasteiger partial charge in [-0.05, 0) is 49.8 Å². The highest BCUT2D eigenvalue weighted by atomic mass is 32.1. The van der Waals surface area contributed by atoms with Crippen molar-refractivity contribution in [2.24, 2.45) is 0 Å². The summed E-state index contributed by atoms with van der Waals surface area (Å²) in [5.41, 5.74) is 4.89. The maximum Gasteiger partial charge on any atom is 0.164 e. The average Bonchev–Trinajstić information content (AvgIpc) is 3.59. The van der Waals surface area contributed by atoms with Crippen LogP contribution in [0.4, 0.5) is 0 Å². The minimum absolute atomic E-state index is 0.633. The number of aromatic nitrogens is 4. The maximum absolute atomic E-state index is 5.26. The summed E-state index contributed by atoms with van der Waals surface area (Å²) in [7, 11) is 0. The van der Waals surface area contributed by atoms with Crippen molar-refractivity contribution in [2.75, 3.05) is 0 Å². The Morgan fingerprint density at radius 3 is 1.71 bits per heavy atom. The molecule has 0 radical (unpaired) electrons. The van der Waals surface area contributed by atoms with Crippen LogP contribution < -0.4 is 0 Å². The van der Waals surface area contributed by atoms with Crippen LogP contribution in [0.2, 0.25) is 0 Å². The van der Waals surface area contributed by atoms with E-state index < -0.39 is 0 Å². The van der Waals surface area contributed by atoms with E-state index in [0.29, 0.717) is 17.5 Å². The third-order valence-electron chi connectivity index (χ3n) is 10.1.